The first-order valence-electron chi connectivity index (χ1n) is 11.5. The predicted octanol–water partition coefficient (Wildman–Crippen LogP) is -1.23. The van der Waals surface area contributed by atoms with Crippen molar-refractivity contribution in [2.75, 3.05) is 27.3 Å². The normalized spacial score (nSPS) is 40.6. The quantitative estimate of drug-likeness (QED) is 0.219. The van der Waals surface area contributed by atoms with Crippen LogP contribution in [-0.4, -0.2) is 107 Å². The van der Waals surface area contributed by atoms with E-state index in [1.165, 1.54) is 26.4 Å². The molecule has 35 heavy (non-hydrogen) atoms. The van der Waals surface area contributed by atoms with E-state index in [1.54, 1.807) is 24.3 Å². The fraction of sp³-hybridized carbons (Fsp3) is 0.625. The van der Waals surface area contributed by atoms with Crippen LogP contribution in [-0.2, 0) is 23.7 Å². The Morgan fingerprint density at radius 3 is 2.40 bits per heavy atom. The van der Waals surface area contributed by atoms with Crippen molar-refractivity contribution in [3.8, 4) is 0 Å². The Hall–Kier alpha value is -1.93. The van der Waals surface area contributed by atoms with Crippen molar-refractivity contribution >= 4 is 5.97 Å². The maximum absolute atomic E-state index is 12.8. The SMILES string of the molecule is CO[C@H]1CNCC[C@@H](c2ccccc2)OC(=O)C[C@@]2(O)O[C@H]([C@@H](O)[C@H](O)[C@H]2O)[C@@H](O)/C=C/[C@H]1OC. The van der Waals surface area contributed by atoms with Crippen LogP contribution in [0.3, 0.4) is 0 Å². The average molecular weight is 498 g/mol. The molecule has 0 radical (unpaired) electrons. The smallest absolute Gasteiger partial charge is 0.311 e. The van der Waals surface area contributed by atoms with Crippen molar-refractivity contribution in [2.24, 2.45) is 0 Å². The molecule has 2 aliphatic heterocycles. The van der Waals surface area contributed by atoms with Crippen molar-refractivity contribution in [1.29, 1.82) is 0 Å². The molecule has 0 aliphatic carbocycles. The molecule has 0 aromatic heterocycles. The minimum Gasteiger partial charge on any atom is -0.457 e. The molecule has 1 fully saturated rings. The van der Waals surface area contributed by atoms with E-state index < -0.39 is 67.0 Å². The number of benzene rings is 1. The number of hydrogen-bond donors (Lipinski definition) is 6. The molecule has 0 saturated carbocycles. The molecule has 11 heteroatoms. The lowest BCUT2D eigenvalue weighted by Crippen LogP contribution is -2.67. The van der Waals surface area contributed by atoms with Gasteiger partial charge in [-0.05, 0) is 12.1 Å². The van der Waals surface area contributed by atoms with E-state index in [2.05, 4.69) is 5.32 Å². The Labute approximate surface area is 203 Å². The molecule has 1 aromatic carbocycles. The van der Waals surface area contributed by atoms with Crippen LogP contribution in [0.15, 0.2) is 42.5 Å². The van der Waals surface area contributed by atoms with E-state index in [0.717, 1.165) is 5.56 Å². The molecule has 2 heterocycles. The van der Waals surface area contributed by atoms with Crippen LogP contribution in [0.5, 0.6) is 0 Å². The van der Waals surface area contributed by atoms with E-state index in [9.17, 15) is 30.3 Å². The highest BCUT2D eigenvalue weighted by molar-refractivity contribution is 5.71. The van der Waals surface area contributed by atoms with Crippen LogP contribution >= 0.6 is 0 Å². The monoisotopic (exact) mass is 497 g/mol. The summed E-state index contributed by atoms with van der Waals surface area (Å²) in [5.74, 6) is -3.50. The number of rotatable bonds is 3. The summed E-state index contributed by atoms with van der Waals surface area (Å²) in [4.78, 5) is 12.8. The number of aliphatic hydroxyl groups excluding tert-OH is 4. The molecule has 1 saturated heterocycles. The first-order valence-corrected chi connectivity index (χ1v) is 11.5. The van der Waals surface area contributed by atoms with Crippen molar-refractivity contribution in [2.45, 2.75) is 67.5 Å². The number of hydrogen-bond acceptors (Lipinski definition) is 11. The Bertz CT molecular complexity index is 839. The second-order valence-corrected chi connectivity index (χ2v) is 8.76. The van der Waals surface area contributed by atoms with Gasteiger partial charge in [0.1, 0.15) is 49.1 Å². The standard InChI is InChI=1S/C24H35NO10/c1-32-17-9-8-15(26)22-20(28)21(29)23(30)24(31,35-22)12-19(27)34-16(14-6-4-3-5-7-14)10-11-25-13-18(17)33-2/h3-9,15-18,20-23,25-26,28-31H,10-13H2,1-2H3/b9-8+/t15-,16-,17+,18-,20-,21-,22-,23+,24+/m0/s1. The molecule has 6 N–H and O–H groups in total. The molecule has 2 bridgehead atoms. The number of esters is 1. The van der Waals surface area contributed by atoms with E-state index in [1.807, 2.05) is 6.07 Å². The minimum atomic E-state index is -2.61. The predicted molar refractivity (Wildman–Crippen MR) is 122 cm³/mol. The Morgan fingerprint density at radius 2 is 1.74 bits per heavy atom. The third kappa shape index (κ3) is 6.64. The molecule has 196 valence electrons. The summed E-state index contributed by atoms with van der Waals surface area (Å²) < 4.78 is 22.0. The number of carbonyl (C=O) groups excluding carboxylic acids is 1. The van der Waals surface area contributed by atoms with Gasteiger partial charge in [0, 0.05) is 27.2 Å². The summed E-state index contributed by atoms with van der Waals surface area (Å²) in [6.07, 6.45) is -8.14. The third-order valence-electron chi connectivity index (χ3n) is 6.36. The Kier molecular flexibility index (Phi) is 9.76. The maximum Gasteiger partial charge on any atom is 0.311 e. The zero-order chi connectivity index (χ0) is 25.6. The fourth-order valence-electron chi connectivity index (χ4n) is 4.31. The van der Waals surface area contributed by atoms with Crippen LogP contribution in [0.25, 0.3) is 0 Å². The molecule has 0 amide bonds. The fourth-order valence-corrected chi connectivity index (χ4v) is 4.31. The van der Waals surface area contributed by atoms with Gasteiger partial charge >= 0.3 is 5.97 Å². The number of carbonyl (C=O) groups is 1. The topological polar surface area (TPSA) is 167 Å². The van der Waals surface area contributed by atoms with Gasteiger partial charge in [-0.3, -0.25) is 4.79 Å². The highest BCUT2D eigenvalue weighted by Crippen LogP contribution is 2.34. The third-order valence-corrected chi connectivity index (χ3v) is 6.36. The van der Waals surface area contributed by atoms with Gasteiger partial charge in [0.15, 0.2) is 0 Å². The maximum atomic E-state index is 12.8. The minimum absolute atomic E-state index is 0.387. The molecule has 11 nitrogen and oxygen atoms in total. The molecular formula is C24H35NO10. The van der Waals surface area contributed by atoms with E-state index in [-0.39, 0.29) is 0 Å². The summed E-state index contributed by atoms with van der Waals surface area (Å²) >= 11 is 0. The van der Waals surface area contributed by atoms with Gasteiger partial charge in [0.2, 0.25) is 5.79 Å². The summed E-state index contributed by atoms with van der Waals surface area (Å²) in [7, 11) is 2.99. The first kappa shape index (κ1) is 27.7. The highest BCUT2D eigenvalue weighted by atomic mass is 16.7. The number of nitrogens with one attached hydrogen (secondary N) is 1. The van der Waals surface area contributed by atoms with Crippen LogP contribution < -0.4 is 5.32 Å². The Morgan fingerprint density at radius 1 is 1.03 bits per heavy atom. The molecular weight excluding hydrogens is 462 g/mol. The van der Waals surface area contributed by atoms with E-state index >= 15 is 0 Å². The van der Waals surface area contributed by atoms with Crippen LogP contribution in [0.1, 0.15) is 24.5 Å². The number of methoxy groups -OCH3 is 2. The molecule has 2 aliphatic rings. The lowest BCUT2D eigenvalue weighted by molar-refractivity contribution is -0.354. The van der Waals surface area contributed by atoms with Crippen LogP contribution in [0.4, 0.5) is 0 Å². The van der Waals surface area contributed by atoms with Gasteiger partial charge < -0.3 is 49.8 Å². The largest absolute Gasteiger partial charge is 0.457 e. The lowest BCUT2D eigenvalue weighted by Gasteiger charge is -2.46. The Balaban J connectivity index is 1.93. The van der Waals surface area contributed by atoms with Crippen molar-refractivity contribution in [1.82, 2.24) is 5.32 Å². The molecule has 0 spiro atoms. The van der Waals surface area contributed by atoms with Gasteiger partial charge in [-0.1, -0.05) is 42.5 Å². The summed E-state index contributed by atoms with van der Waals surface area (Å²) in [5, 5.41) is 56.0. The number of ether oxygens (including phenoxy) is 4. The molecule has 1 aromatic rings. The number of aliphatic hydroxyl groups is 5. The summed E-state index contributed by atoms with van der Waals surface area (Å²) in [5.41, 5.74) is 0.727. The van der Waals surface area contributed by atoms with E-state index in [4.69, 9.17) is 18.9 Å². The summed E-state index contributed by atoms with van der Waals surface area (Å²) in [6, 6.07) is 9.03. The first-order chi connectivity index (χ1) is 16.7. The van der Waals surface area contributed by atoms with Gasteiger partial charge in [-0.2, -0.15) is 0 Å². The zero-order valence-corrected chi connectivity index (χ0v) is 19.8. The average Bonchev–Trinajstić information content (AvgIpc) is 2.85. The number of cyclic esters (lactones) is 1. The second-order valence-electron chi connectivity index (χ2n) is 8.76. The van der Waals surface area contributed by atoms with E-state index in [0.29, 0.717) is 19.5 Å². The van der Waals surface area contributed by atoms with Crippen LogP contribution in [0, 0.1) is 0 Å². The second kappa shape index (κ2) is 12.3. The lowest BCUT2D eigenvalue weighted by atomic mass is 9.88. The van der Waals surface area contributed by atoms with Gasteiger partial charge in [-0.25, -0.2) is 0 Å². The van der Waals surface area contributed by atoms with Crippen molar-refractivity contribution in [3.63, 3.8) is 0 Å². The molecule has 0 unspecified atom stereocenters. The zero-order valence-electron chi connectivity index (χ0n) is 19.8. The number of fused-ring (bicyclic) bond motifs is 2. The van der Waals surface area contributed by atoms with Gasteiger partial charge in [0.25, 0.3) is 0 Å². The van der Waals surface area contributed by atoms with Crippen molar-refractivity contribution in [3.05, 3.63) is 48.0 Å². The highest BCUT2D eigenvalue weighted by Gasteiger charge is 2.55. The van der Waals surface area contributed by atoms with Crippen LogP contribution in [0.2, 0.25) is 0 Å². The van der Waals surface area contributed by atoms with Gasteiger partial charge in [0.05, 0.1) is 6.10 Å². The molecule has 9 atom stereocenters. The molecule has 3 rings (SSSR count). The van der Waals surface area contributed by atoms with Crippen molar-refractivity contribution < 1.29 is 49.3 Å². The van der Waals surface area contributed by atoms with Gasteiger partial charge in [-0.15, -0.1) is 0 Å². The summed E-state index contributed by atoms with van der Waals surface area (Å²) in [6.45, 7) is 0.837.